The third kappa shape index (κ3) is 4.47. The molecule has 17 heavy (non-hydrogen) atoms. The molecule has 0 spiro atoms. The van der Waals surface area contributed by atoms with Crippen LogP contribution in [-0.4, -0.2) is 17.7 Å². The van der Waals surface area contributed by atoms with E-state index in [4.69, 9.17) is 9.84 Å². The van der Waals surface area contributed by atoms with Gasteiger partial charge in [0, 0.05) is 0 Å². The van der Waals surface area contributed by atoms with Crippen molar-refractivity contribution in [3.63, 3.8) is 0 Å². The van der Waals surface area contributed by atoms with Gasteiger partial charge in [0.15, 0.2) is 0 Å². The minimum atomic E-state index is -0.739. The molecular weight excluding hydrogens is 216 g/mol. The zero-order chi connectivity index (χ0) is 12.8. The Morgan fingerprint density at radius 1 is 1.29 bits per heavy atom. The van der Waals surface area contributed by atoms with Crippen molar-refractivity contribution in [3.05, 3.63) is 29.3 Å². The standard InChI is InChI=1S/C14H20O3/c1-4-12(14(15)16)5-6-17-13-8-10(2)7-11(3)9-13/h7-9,12H,4-6H2,1-3H3,(H,15,16). The van der Waals surface area contributed by atoms with Gasteiger partial charge in [0.2, 0.25) is 0 Å². The molecule has 0 radical (unpaired) electrons. The summed E-state index contributed by atoms with van der Waals surface area (Å²) >= 11 is 0. The van der Waals surface area contributed by atoms with Crippen LogP contribution in [-0.2, 0) is 4.79 Å². The molecule has 0 heterocycles. The average molecular weight is 236 g/mol. The fourth-order valence-corrected chi connectivity index (χ4v) is 1.84. The summed E-state index contributed by atoms with van der Waals surface area (Å²) < 4.78 is 5.59. The maximum absolute atomic E-state index is 10.8. The fraction of sp³-hybridized carbons (Fsp3) is 0.500. The van der Waals surface area contributed by atoms with Crippen LogP contribution in [0.2, 0.25) is 0 Å². The highest BCUT2D eigenvalue weighted by Crippen LogP contribution is 2.17. The van der Waals surface area contributed by atoms with Crippen molar-refractivity contribution in [3.8, 4) is 5.75 Å². The van der Waals surface area contributed by atoms with Crippen LogP contribution in [0.4, 0.5) is 0 Å². The predicted octanol–water partition coefficient (Wildman–Crippen LogP) is 3.18. The Bertz CT molecular complexity index is 365. The summed E-state index contributed by atoms with van der Waals surface area (Å²) in [6.45, 7) is 6.38. The van der Waals surface area contributed by atoms with Crippen LogP contribution in [0.3, 0.4) is 0 Å². The SMILES string of the molecule is CCC(CCOc1cc(C)cc(C)c1)C(=O)O. The first-order valence-electron chi connectivity index (χ1n) is 5.96. The number of ether oxygens (including phenoxy) is 1. The van der Waals surface area contributed by atoms with Crippen LogP contribution in [0.5, 0.6) is 5.75 Å². The Morgan fingerprint density at radius 2 is 1.88 bits per heavy atom. The average Bonchev–Trinajstić information content (AvgIpc) is 2.22. The third-order valence-corrected chi connectivity index (χ3v) is 2.77. The number of benzene rings is 1. The molecule has 0 saturated heterocycles. The maximum Gasteiger partial charge on any atom is 0.306 e. The lowest BCUT2D eigenvalue weighted by molar-refractivity contribution is -0.142. The lowest BCUT2D eigenvalue weighted by Gasteiger charge is -2.11. The monoisotopic (exact) mass is 236 g/mol. The predicted molar refractivity (Wildman–Crippen MR) is 67.4 cm³/mol. The Morgan fingerprint density at radius 3 is 2.35 bits per heavy atom. The fourth-order valence-electron chi connectivity index (χ4n) is 1.84. The first kappa shape index (κ1) is 13.6. The van der Waals surface area contributed by atoms with E-state index < -0.39 is 5.97 Å². The number of carboxylic acids is 1. The molecule has 0 aliphatic carbocycles. The summed E-state index contributed by atoms with van der Waals surface area (Å²) in [5, 5.41) is 8.90. The van der Waals surface area contributed by atoms with Gasteiger partial charge in [-0.05, 0) is 49.9 Å². The third-order valence-electron chi connectivity index (χ3n) is 2.77. The zero-order valence-corrected chi connectivity index (χ0v) is 10.7. The number of aliphatic carboxylic acids is 1. The molecule has 1 atom stereocenters. The van der Waals surface area contributed by atoms with Crippen LogP contribution < -0.4 is 4.74 Å². The first-order valence-corrected chi connectivity index (χ1v) is 5.96. The second-order valence-corrected chi connectivity index (χ2v) is 4.40. The summed E-state index contributed by atoms with van der Waals surface area (Å²) in [6.07, 6.45) is 1.20. The molecule has 3 heteroatoms. The smallest absolute Gasteiger partial charge is 0.306 e. The Kier molecular flexibility index (Phi) is 5.01. The molecule has 1 N–H and O–H groups in total. The van der Waals surface area contributed by atoms with Crippen molar-refractivity contribution in [1.29, 1.82) is 0 Å². The van der Waals surface area contributed by atoms with E-state index in [0.717, 1.165) is 16.9 Å². The second kappa shape index (κ2) is 6.28. The number of carboxylic acid groups (broad SMARTS) is 1. The van der Waals surface area contributed by atoms with Gasteiger partial charge in [0.25, 0.3) is 0 Å². The van der Waals surface area contributed by atoms with Crippen LogP contribution in [0.15, 0.2) is 18.2 Å². The summed E-state index contributed by atoms with van der Waals surface area (Å²) in [5.41, 5.74) is 2.32. The van der Waals surface area contributed by atoms with Crippen molar-refractivity contribution in [1.82, 2.24) is 0 Å². The lowest BCUT2D eigenvalue weighted by Crippen LogP contribution is -2.15. The van der Waals surface area contributed by atoms with E-state index in [9.17, 15) is 4.79 Å². The molecule has 1 rings (SSSR count). The van der Waals surface area contributed by atoms with E-state index in [0.29, 0.717) is 19.4 Å². The maximum atomic E-state index is 10.8. The highest BCUT2D eigenvalue weighted by molar-refractivity contribution is 5.69. The van der Waals surface area contributed by atoms with Gasteiger partial charge in [-0.25, -0.2) is 0 Å². The van der Waals surface area contributed by atoms with Gasteiger partial charge in [-0.1, -0.05) is 13.0 Å². The van der Waals surface area contributed by atoms with Gasteiger partial charge in [0.1, 0.15) is 5.75 Å². The molecule has 0 fully saturated rings. The Hall–Kier alpha value is -1.51. The van der Waals surface area contributed by atoms with Gasteiger partial charge in [-0.3, -0.25) is 4.79 Å². The topological polar surface area (TPSA) is 46.5 Å². The summed E-state index contributed by atoms with van der Waals surface area (Å²) in [5.74, 6) is -0.222. The van der Waals surface area contributed by atoms with Crippen LogP contribution in [0.1, 0.15) is 30.9 Å². The van der Waals surface area contributed by atoms with Crippen LogP contribution in [0, 0.1) is 19.8 Å². The highest BCUT2D eigenvalue weighted by Gasteiger charge is 2.14. The molecule has 3 nitrogen and oxygen atoms in total. The van der Waals surface area contributed by atoms with Crippen molar-refractivity contribution < 1.29 is 14.6 Å². The number of hydrogen-bond donors (Lipinski definition) is 1. The van der Waals surface area contributed by atoms with E-state index in [2.05, 4.69) is 6.07 Å². The molecule has 0 aliphatic heterocycles. The number of hydrogen-bond acceptors (Lipinski definition) is 2. The zero-order valence-electron chi connectivity index (χ0n) is 10.7. The van der Waals surface area contributed by atoms with Gasteiger partial charge in [-0.15, -0.1) is 0 Å². The number of carbonyl (C=O) groups is 1. The minimum absolute atomic E-state index is 0.305. The van der Waals surface area contributed by atoms with Gasteiger partial charge < -0.3 is 9.84 Å². The summed E-state index contributed by atoms with van der Waals surface area (Å²) in [4.78, 5) is 10.8. The van der Waals surface area contributed by atoms with Crippen molar-refractivity contribution in [2.75, 3.05) is 6.61 Å². The molecule has 1 unspecified atom stereocenters. The van der Waals surface area contributed by atoms with Crippen LogP contribution >= 0.6 is 0 Å². The van der Waals surface area contributed by atoms with Gasteiger partial charge in [0.05, 0.1) is 12.5 Å². The van der Waals surface area contributed by atoms with Gasteiger partial charge in [-0.2, -0.15) is 0 Å². The van der Waals surface area contributed by atoms with E-state index >= 15 is 0 Å². The molecule has 1 aromatic carbocycles. The van der Waals surface area contributed by atoms with E-state index in [1.807, 2.05) is 32.9 Å². The summed E-state index contributed by atoms with van der Waals surface area (Å²) in [6, 6.07) is 6.02. The van der Waals surface area contributed by atoms with E-state index in [1.54, 1.807) is 0 Å². The highest BCUT2D eigenvalue weighted by atomic mass is 16.5. The van der Waals surface area contributed by atoms with Gasteiger partial charge >= 0.3 is 5.97 Å². The number of aryl methyl sites for hydroxylation is 2. The van der Waals surface area contributed by atoms with Crippen LogP contribution in [0.25, 0.3) is 0 Å². The van der Waals surface area contributed by atoms with E-state index in [-0.39, 0.29) is 5.92 Å². The Labute approximate surface area is 102 Å². The minimum Gasteiger partial charge on any atom is -0.494 e. The Balaban J connectivity index is 2.47. The molecule has 0 amide bonds. The molecular formula is C14H20O3. The number of rotatable bonds is 6. The van der Waals surface area contributed by atoms with Crippen molar-refractivity contribution >= 4 is 5.97 Å². The molecule has 0 saturated carbocycles. The molecule has 0 aromatic heterocycles. The molecule has 0 bridgehead atoms. The summed E-state index contributed by atoms with van der Waals surface area (Å²) in [7, 11) is 0. The molecule has 94 valence electrons. The lowest BCUT2D eigenvalue weighted by atomic mass is 10.0. The van der Waals surface area contributed by atoms with E-state index in [1.165, 1.54) is 0 Å². The van der Waals surface area contributed by atoms with Crippen molar-refractivity contribution in [2.24, 2.45) is 5.92 Å². The largest absolute Gasteiger partial charge is 0.494 e. The second-order valence-electron chi connectivity index (χ2n) is 4.40. The molecule has 0 aliphatic rings. The van der Waals surface area contributed by atoms with Crippen molar-refractivity contribution in [2.45, 2.75) is 33.6 Å². The first-order chi connectivity index (χ1) is 8.02. The quantitative estimate of drug-likeness (QED) is 0.825. The normalized spacial score (nSPS) is 12.2. The molecule has 1 aromatic rings.